The number of methoxy groups -OCH3 is 2. The van der Waals surface area contributed by atoms with Crippen molar-refractivity contribution in [1.82, 2.24) is 0 Å². The molecule has 3 N–H and O–H groups in total. The Bertz CT molecular complexity index is 753. The molecule has 0 aliphatic heterocycles. The van der Waals surface area contributed by atoms with Crippen LogP contribution in [0.1, 0.15) is 0 Å². The number of carbonyl (C=O) groups is 1. The second-order valence-corrected chi connectivity index (χ2v) is 4.60. The number of allylic oxidation sites excluding steroid dienone is 1. The summed E-state index contributed by atoms with van der Waals surface area (Å²) in [6.07, 6.45) is 1.20. The van der Waals surface area contributed by atoms with Crippen LogP contribution in [0.25, 0.3) is 0 Å². The maximum Gasteiger partial charge on any atom is 0.324 e. The number of nitrogens with zero attached hydrogens (tertiary/aromatic N) is 1. The van der Waals surface area contributed by atoms with Crippen LogP contribution in [0.3, 0.4) is 0 Å². The number of nitrogens with one attached hydrogen (secondary N) is 1. The normalized spacial score (nSPS) is 9.69. The van der Waals surface area contributed by atoms with E-state index in [0.29, 0.717) is 11.4 Å². The standard InChI is InChI=1S/C10H10N2O4.C7H9NO.ClH/c1-16-10-4-2-3-8(5-10)11-6-9(7-13)12(14)15;1-9-7-4-2-3-6(8)5-7;/h2-7,11H,1H3;2-5H,8H2,1H3;1H. The van der Waals surface area contributed by atoms with E-state index in [4.69, 9.17) is 15.2 Å². The van der Waals surface area contributed by atoms with Crippen LogP contribution in [0.4, 0.5) is 11.4 Å². The van der Waals surface area contributed by atoms with Gasteiger partial charge < -0.3 is 20.5 Å². The summed E-state index contributed by atoms with van der Waals surface area (Å²) in [5.74, 6) is 1.42. The average molecular weight is 382 g/mol. The molecule has 140 valence electrons. The maximum absolute atomic E-state index is 10.3. The van der Waals surface area contributed by atoms with Gasteiger partial charge in [-0.1, -0.05) is 12.1 Å². The lowest BCUT2D eigenvalue weighted by molar-refractivity contribution is -0.417. The summed E-state index contributed by atoms with van der Waals surface area (Å²) in [4.78, 5) is 19.9. The van der Waals surface area contributed by atoms with E-state index >= 15 is 0 Å². The fourth-order valence-electron chi connectivity index (χ4n) is 1.64. The van der Waals surface area contributed by atoms with Crippen molar-refractivity contribution >= 4 is 30.1 Å². The largest absolute Gasteiger partial charge is 0.497 e. The predicted octanol–water partition coefficient (Wildman–Crippen LogP) is 3.12. The average Bonchev–Trinajstić information content (AvgIpc) is 2.62. The van der Waals surface area contributed by atoms with E-state index in [1.807, 2.05) is 18.2 Å². The van der Waals surface area contributed by atoms with E-state index < -0.39 is 10.6 Å². The highest BCUT2D eigenvalue weighted by Gasteiger charge is 2.07. The number of hydrogen-bond donors (Lipinski definition) is 2. The van der Waals surface area contributed by atoms with E-state index in [1.165, 1.54) is 7.11 Å². The minimum Gasteiger partial charge on any atom is -0.497 e. The Morgan fingerprint density at radius 1 is 1.12 bits per heavy atom. The Kier molecular flexibility index (Phi) is 10.6. The Hall–Kier alpha value is -3.26. The van der Waals surface area contributed by atoms with Gasteiger partial charge in [-0.05, 0) is 24.3 Å². The SMILES string of the molecule is COc1cccc(N)c1.COc1cccc(NC=C(C=O)[N+](=O)[O-])c1.Cl. The maximum atomic E-state index is 10.3. The fraction of sp³-hybridized carbons (Fsp3) is 0.118. The lowest BCUT2D eigenvalue weighted by Crippen LogP contribution is -2.02. The molecule has 26 heavy (non-hydrogen) atoms. The minimum atomic E-state index is -0.764. The molecule has 9 heteroatoms. The number of halogens is 1. The van der Waals surface area contributed by atoms with Crippen molar-refractivity contribution < 1.29 is 19.2 Å². The highest BCUT2D eigenvalue weighted by molar-refractivity contribution is 5.85. The number of anilines is 2. The zero-order valence-corrected chi connectivity index (χ0v) is 15.1. The van der Waals surface area contributed by atoms with Gasteiger partial charge in [0.25, 0.3) is 0 Å². The molecule has 0 heterocycles. The highest BCUT2D eigenvalue weighted by atomic mass is 35.5. The van der Waals surface area contributed by atoms with Crippen LogP contribution in [-0.2, 0) is 4.79 Å². The summed E-state index contributed by atoms with van der Waals surface area (Å²) in [6, 6.07) is 14.1. The Labute approximate surface area is 157 Å². The van der Waals surface area contributed by atoms with E-state index in [9.17, 15) is 14.9 Å². The molecular formula is C17H20ClN3O5. The molecular weight excluding hydrogens is 362 g/mol. The third-order valence-electron chi connectivity index (χ3n) is 2.88. The van der Waals surface area contributed by atoms with Gasteiger partial charge in [0.2, 0.25) is 6.29 Å². The Morgan fingerprint density at radius 2 is 1.69 bits per heavy atom. The van der Waals surface area contributed by atoms with Crippen molar-refractivity contribution in [2.45, 2.75) is 0 Å². The third-order valence-corrected chi connectivity index (χ3v) is 2.88. The Morgan fingerprint density at radius 3 is 2.15 bits per heavy atom. The number of nitro groups is 1. The quantitative estimate of drug-likeness (QED) is 0.259. The van der Waals surface area contributed by atoms with Crippen LogP contribution in [0, 0.1) is 10.1 Å². The van der Waals surface area contributed by atoms with E-state index in [2.05, 4.69) is 5.32 Å². The van der Waals surface area contributed by atoms with Crippen LogP contribution >= 0.6 is 12.4 Å². The zero-order valence-electron chi connectivity index (χ0n) is 14.2. The molecule has 2 rings (SSSR count). The lowest BCUT2D eigenvalue weighted by atomic mass is 10.3. The topological polar surface area (TPSA) is 117 Å². The smallest absolute Gasteiger partial charge is 0.324 e. The van der Waals surface area contributed by atoms with E-state index in [0.717, 1.165) is 17.6 Å². The van der Waals surface area contributed by atoms with Crippen molar-refractivity contribution in [2.75, 3.05) is 25.3 Å². The molecule has 2 aromatic rings. The molecule has 0 aliphatic carbocycles. The first-order valence-electron chi connectivity index (χ1n) is 7.10. The molecule has 0 amide bonds. The summed E-state index contributed by atoms with van der Waals surface area (Å²) >= 11 is 0. The van der Waals surface area contributed by atoms with Crippen molar-refractivity contribution in [3.8, 4) is 11.5 Å². The molecule has 0 fully saturated rings. The molecule has 0 aliphatic rings. The molecule has 0 bridgehead atoms. The number of benzene rings is 2. The van der Waals surface area contributed by atoms with Crippen LogP contribution in [0.5, 0.6) is 11.5 Å². The summed E-state index contributed by atoms with van der Waals surface area (Å²) in [5.41, 5.74) is 6.24. The van der Waals surface area contributed by atoms with Crippen LogP contribution < -0.4 is 20.5 Å². The van der Waals surface area contributed by atoms with Crippen molar-refractivity contribution in [1.29, 1.82) is 0 Å². The van der Waals surface area contributed by atoms with Gasteiger partial charge in [-0.25, -0.2) is 0 Å². The molecule has 0 saturated carbocycles. The second-order valence-electron chi connectivity index (χ2n) is 4.60. The van der Waals surface area contributed by atoms with Crippen LogP contribution in [-0.4, -0.2) is 25.4 Å². The summed E-state index contributed by atoms with van der Waals surface area (Å²) in [7, 11) is 3.14. The molecule has 0 spiro atoms. The molecule has 2 aromatic carbocycles. The number of nitrogen functional groups attached to an aromatic ring is 1. The number of aldehydes is 1. The molecule has 0 radical (unpaired) electrons. The number of ether oxygens (including phenoxy) is 2. The van der Waals surface area contributed by atoms with Crippen LogP contribution in [0.2, 0.25) is 0 Å². The van der Waals surface area contributed by atoms with Crippen LogP contribution in [0.15, 0.2) is 60.4 Å². The summed E-state index contributed by atoms with van der Waals surface area (Å²) in [6.45, 7) is 0. The monoisotopic (exact) mass is 381 g/mol. The highest BCUT2D eigenvalue weighted by Crippen LogP contribution is 2.16. The first-order valence-corrected chi connectivity index (χ1v) is 7.10. The third kappa shape index (κ3) is 8.02. The van der Waals surface area contributed by atoms with Gasteiger partial charge in [-0.15, -0.1) is 12.4 Å². The van der Waals surface area contributed by atoms with Crippen molar-refractivity contribution in [2.24, 2.45) is 0 Å². The van der Waals surface area contributed by atoms with Gasteiger partial charge in [0.15, 0.2) is 0 Å². The van der Waals surface area contributed by atoms with Gasteiger partial charge in [0.05, 0.1) is 25.3 Å². The first-order chi connectivity index (χ1) is 12.0. The number of nitrogens with two attached hydrogens (primary N) is 1. The number of hydrogen-bond acceptors (Lipinski definition) is 7. The molecule has 8 nitrogen and oxygen atoms in total. The Balaban J connectivity index is 0.000000532. The summed E-state index contributed by atoms with van der Waals surface area (Å²) < 4.78 is 9.89. The van der Waals surface area contributed by atoms with Gasteiger partial charge >= 0.3 is 5.70 Å². The molecule has 0 atom stereocenters. The van der Waals surface area contributed by atoms with Gasteiger partial charge in [0.1, 0.15) is 11.5 Å². The predicted molar refractivity (Wildman–Crippen MR) is 102 cm³/mol. The van der Waals surface area contributed by atoms with Gasteiger partial charge in [0, 0.05) is 23.5 Å². The van der Waals surface area contributed by atoms with Crippen molar-refractivity contribution in [3.05, 3.63) is 70.5 Å². The molecule has 0 unspecified atom stereocenters. The first kappa shape index (κ1) is 22.7. The lowest BCUT2D eigenvalue weighted by Gasteiger charge is -2.03. The van der Waals surface area contributed by atoms with Gasteiger partial charge in [-0.2, -0.15) is 0 Å². The van der Waals surface area contributed by atoms with E-state index in [1.54, 1.807) is 37.4 Å². The molecule has 0 saturated heterocycles. The second kappa shape index (κ2) is 12.2. The fourth-order valence-corrected chi connectivity index (χ4v) is 1.64. The van der Waals surface area contributed by atoms with E-state index in [-0.39, 0.29) is 18.7 Å². The minimum absolute atomic E-state index is 0. The number of rotatable bonds is 6. The zero-order chi connectivity index (χ0) is 18.7. The molecule has 0 aromatic heterocycles. The summed E-state index contributed by atoms with van der Waals surface area (Å²) in [5, 5.41) is 13.0. The van der Waals surface area contributed by atoms with Gasteiger partial charge in [-0.3, -0.25) is 14.9 Å². The van der Waals surface area contributed by atoms with Crippen molar-refractivity contribution in [3.63, 3.8) is 0 Å². The number of carbonyl (C=O) groups excluding carboxylic acids is 1.